The van der Waals surface area contributed by atoms with Gasteiger partial charge in [0.05, 0.1) is 7.11 Å². The average Bonchev–Trinajstić information content (AvgIpc) is 2.64. The summed E-state index contributed by atoms with van der Waals surface area (Å²) in [6.07, 6.45) is 9.30. The van der Waals surface area contributed by atoms with Crippen molar-refractivity contribution < 1.29 is 19.4 Å². The molecular formula is C21H30O4. The molecule has 25 heavy (non-hydrogen) atoms. The van der Waals surface area contributed by atoms with Crippen LogP contribution in [0.4, 0.5) is 0 Å². The highest BCUT2D eigenvalue weighted by molar-refractivity contribution is 5.90. The number of methoxy groups -OCH3 is 1. The van der Waals surface area contributed by atoms with E-state index in [0.29, 0.717) is 12.2 Å². The van der Waals surface area contributed by atoms with Crippen LogP contribution in [0.2, 0.25) is 0 Å². The van der Waals surface area contributed by atoms with E-state index in [-0.39, 0.29) is 18.5 Å². The summed E-state index contributed by atoms with van der Waals surface area (Å²) in [7, 11) is 1.65. The topological polar surface area (TPSA) is 55.8 Å². The minimum absolute atomic E-state index is 0.0779. The van der Waals surface area contributed by atoms with Crippen LogP contribution in [0.3, 0.4) is 0 Å². The molecule has 1 aromatic rings. The fourth-order valence-corrected chi connectivity index (χ4v) is 2.46. The summed E-state index contributed by atoms with van der Waals surface area (Å²) in [5.41, 5.74) is 1.23. The normalized spacial score (nSPS) is 15.4. The van der Waals surface area contributed by atoms with Crippen LogP contribution in [0.1, 0.15) is 45.6 Å². The van der Waals surface area contributed by atoms with Gasteiger partial charge in [-0.2, -0.15) is 0 Å². The van der Waals surface area contributed by atoms with Crippen molar-refractivity contribution in [2.45, 2.75) is 46.5 Å². The maximum absolute atomic E-state index is 11.4. The van der Waals surface area contributed by atoms with Crippen LogP contribution in [-0.2, 0) is 16.0 Å². The number of hydrogen-bond acceptors (Lipinski definition) is 4. The molecule has 1 atom stereocenters. The second kappa shape index (κ2) is 14.1. The number of aryl methyl sites for hydroxylation is 1. The number of ether oxygens (including phenoxy) is 2. The molecule has 0 amide bonds. The second-order valence-electron chi connectivity index (χ2n) is 5.20. The first-order chi connectivity index (χ1) is 12.1. The lowest BCUT2D eigenvalue weighted by Crippen LogP contribution is -2.17. The molecule has 0 saturated carbocycles. The Morgan fingerprint density at radius 2 is 1.88 bits per heavy atom. The molecule has 0 aromatic heterocycles. The van der Waals surface area contributed by atoms with E-state index in [2.05, 4.69) is 12.3 Å². The largest absolute Gasteiger partial charge is 0.497 e. The first-order valence-corrected chi connectivity index (χ1v) is 8.63. The van der Waals surface area contributed by atoms with E-state index in [1.165, 1.54) is 11.6 Å². The zero-order valence-electron chi connectivity index (χ0n) is 15.7. The Labute approximate surface area is 151 Å². The van der Waals surface area contributed by atoms with Crippen LogP contribution in [0, 0.1) is 18.3 Å². The summed E-state index contributed by atoms with van der Waals surface area (Å²) in [6.45, 7) is 5.28. The summed E-state index contributed by atoms with van der Waals surface area (Å²) in [4.78, 5) is 11.4. The molecule has 4 heteroatoms. The molecule has 1 aromatic carbocycles. The van der Waals surface area contributed by atoms with E-state index in [9.17, 15) is 4.79 Å². The molecule has 1 aliphatic rings. The molecule has 0 bridgehead atoms. The minimum Gasteiger partial charge on any atom is -0.497 e. The van der Waals surface area contributed by atoms with Gasteiger partial charge in [-0.25, -0.2) is 0 Å². The Balaban J connectivity index is 0.00000104. The second-order valence-corrected chi connectivity index (χ2v) is 5.20. The van der Waals surface area contributed by atoms with Crippen molar-refractivity contribution in [2.75, 3.05) is 13.9 Å². The number of ketones is 1. The molecule has 0 heterocycles. The van der Waals surface area contributed by atoms with Gasteiger partial charge in [0.15, 0.2) is 12.6 Å². The number of aliphatic hydroxyl groups is 1. The average molecular weight is 346 g/mol. The Bertz CT molecular complexity index is 552. The number of benzene rings is 1. The van der Waals surface area contributed by atoms with Gasteiger partial charge in [-0.3, -0.25) is 4.79 Å². The van der Waals surface area contributed by atoms with Gasteiger partial charge in [0.1, 0.15) is 11.5 Å². The standard InChI is InChI=1S/C16H20O4.C3H4.C2H6/c1-19-15-8-3-12(4-9-15)2-5-13-6-7-14(18)10-16(13)20-11-17;1-3-2;1-2/h3-4,8-10,13,17H,2,5-7,11H2,1H3;1H,2H3;1-2H3. The Morgan fingerprint density at radius 1 is 1.28 bits per heavy atom. The van der Waals surface area contributed by atoms with E-state index in [1.807, 2.05) is 38.1 Å². The van der Waals surface area contributed by atoms with E-state index < -0.39 is 0 Å². The van der Waals surface area contributed by atoms with E-state index >= 15 is 0 Å². The number of aliphatic hydroxyl groups excluding tert-OH is 1. The van der Waals surface area contributed by atoms with Crippen molar-refractivity contribution in [3.8, 4) is 18.1 Å². The molecule has 0 fully saturated rings. The van der Waals surface area contributed by atoms with Gasteiger partial charge in [-0.05, 0) is 43.9 Å². The molecule has 2 rings (SSSR count). The summed E-state index contributed by atoms with van der Waals surface area (Å²) in [6, 6.07) is 7.98. The molecule has 0 spiro atoms. The van der Waals surface area contributed by atoms with Crippen LogP contribution in [0.15, 0.2) is 36.1 Å². The zero-order valence-corrected chi connectivity index (χ0v) is 15.7. The third kappa shape index (κ3) is 8.97. The molecule has 4 nitrogen and oxygen atoms in total. The number of carbonyl (C=O) groups is 1. The summed E-state index contributed by atoms with van der Waals surface area (Å²) < 4.78 is 10.3. The maximum atomic E-state index is 11.4. The highest BCUT2D eigenvalue weighted by Gasteiger charge is 2.22. The van der Waals surface area contributed by atoms with Gasteiger partial charge in [0, 0.05) is 18.4 Å². The van der Waals surface area contributed by atoms with Crippen LogP contribution in [-0.4, -0.2) is 24.8 Å². The highest BCUT2D eigenvalue weighted by atomic mass is 16.6. The molecule has 0 aliphatic heterocycles. The summed E-state index contributed by atoms with van der Waals surface area (Å²) in [5, 5.41) is 8.88. The van der Waals surface area contributed by atoms with E-state index in [4.69, 9.17) is 14.6 Å². The predicted molar refractivity (Wildman–Crippen MR) is 101 cm³/mol. The van der Waals surface area contributed by atoms with Gasteiger partial charge >= 0.3 is 0 Å². The monoisotopic (exact) mass is 346 g/mol. The van der Waals surface area contributed by atoms with Crippen LogP contribution in [0.25, 0.3) is 0 Å². The molecular weight excluding hydrogens is 316 g/mol. The van der Waals surface area contributed by atoms with Gasteiger partial charge in [-0.15, -0.1) is 12.3 Å². The van der Waals surface area contributed by atoms with Crippen molar-refractivity contribution in [1.29, 1.82) is 0 Å². The number of allylic oxidation sites excluding steroid dienone is 2. The van der Waals surface area contributed by atoms with Crippen LogP contribution >= 0.6 is 0 Å². The summed E-state index contributed by atoms with van der Waals surface area (Å²) >= 11 is 0. The summed E-state index contributed by atoms with van der Waals surface area (Å²) in [5.74, 6) is 4.01. The highest BCUT2D eigenvalue weighted by Crippen LogP contribution is 2.28. The predicted octanol–water partition coefficient (Wildman–Crippen LogP) is 4.12. The molecule has 0 radical (unpaired) electrons. The lowest BCUT2D eigenvalue weighted by atomic mass is 9.88. The van der Waals surface area contributed by atoms with Crippen molar-refractivity contribution in [3.63, 3.8) is 0 Å². The molecule has 1 aliphatic carbocycles. The fourth-order valence-electron chi connectivity index (χ4n) is 2.46. The number of terminal acetylenes is 1. The Hall–Kier alpha value is -2.25. The third-order valence-corrected chi connectivity index (χ3v) is 3.62. The first kappa shape index (κ1) is 22.8. The van der Waals surface area contributed by atoms with Crippen LogP contribution in [0.5, 0.6) is 5.75 Å². The van der Waals surface area contributed by atoms with Gasteiger partial charge in [-0.1, -0.05) is 26.0 Å². The zero-order chi connectivity index (χ0) is 19.1. The molecule has 138 valence electrons. The SMILES string of the molecule is C#CC.CC.COc1ccc(CCC2CCC(=O)C=C2OCO)cc1. The molecule has 1 unspecified atom stereocenters. The van der Waals surface area contributed by atoms with Crippen molar-refractivity contribution in [2.24, 2.45) is 5.92 Å². The minimum atomic E-state index is -0.377. The quantitative estimate of drug-likeness (QED) is 0.622. The van der Waals surface area contributed by atoms with E-state index in [0.717, 1.165) is 25.0 Å². The van der Waals surface area contributed by atoms with Gasteiger partial charge < -0.3 is 14.6 Å². The van der Waals surface area contributed by atoms with E-state index in [1.54, 1.807) is 14.0 Å². The Kier molecular flexibility index (Phi) is 12.9. The van der Waals surface area contributed by atoms with Gasteiger partial charge in [0.2, 0.25) is 0 Å². The van der Waals surface area contributed by atoms with Crippen molar-refractivity contribution in [1.82, 2.24) is 0 Å². The molecule has 0 saturated heterocycles. The lowest BCUT2D eigenvalue weighted by Gasteiger charge is -2.23. The Morgan fingerprint density at radius 3 is 2.40 bits per heavy atom. The smallest absolute Gasteiger partial charge is 0.185 e. The lowest BCUT2D eigenvalue weighted by molar-refractivity contribution is -0.116. The van der Waals surface area contributed by atoms with Crippen molar-refractivity contribution in [3.05, 3.63) is 41.7 Å². The maximum Gasteiger partial charge on any atom is 0.185 e. The molecule has 1 N–H and O–H groups in total. The number of hydrogen-bond donors (Lipinski definition) is 1. The van der Waals surface area contributed by atoms with Gasteiger partial charge in [0.25, 0.3) is 0 Å². The van der Waals surface area contributed by atoms with Crippen LogP contribution < -0.4 is 4.74 Å². The number of carbonyl (C=O) groups excluding carboxylic acids is 1. The fraction of sp³-hybridized carbons (Fsp3) is 0.476. The third-order valence-electron chi connectivity index (χ3n) is 3.62. The number of rotatable bonds is 6. The van der Waals surface area contributed by atoms with Crippen molar-refractivity contribution >= 4 is 5.78 Å². The first-order valence-electron chi connectivity index (χ1n) is 8.63.